The Morgan fingerprint density at radius 1 is 0.722 bits per heavy atom. The molecule has 0 N–H and O–H groups in total. The van der Waals surface area contributed by atoms with Gasteiger partial charge in [0.25, 0.3) is 0 Å². The average molecular weight is 242 g/mol. The lowest BCUT2D eigenvalue weighted by molar-refractivity contribution is 0.423. The molecule has 86 valence electrons. The molecule has 0 amide bonds. The Hall–Kier alpha value is -3.04. The number of nitrogens with zero attached hydrogens (tertiary/aromatic N) is 8. The van der Waals surface area contributed by atoms with E-state index in [1.165, 1.54) is 12.4 Å². The van der Waals surface area contributed by atoms with E-state index >= 15 is 0 Å². The van der Waals surface area contributed by atoms with Gasteiger partial charge in [-0.05, 0) is 0 Å². The lowest BCUT2D eigenvalue weighted by Crippen LogP contribution is -1.95. The number of hydrogen-bond acceptors (Lipinski definition) is 10. The van der Waals surface area contributed by atoms with Crippen molar-refractivity contribution in [2.75, 3.05) is 0 Å². The average Bonchev–Trinajstić information content (AvgIpc) is 3.05. The first kappa shape index (κ1) is 9.04. The van der Waals surface area contributed by atoms with Crippen LogP contribution < -0.4 is 0 Å². The molecule has 4 aromatic rings. The van der Waals surface area contributed by atoms with Gasteiger partial charge in [-0.15, -0.1) is 0 Å². The van der Waals surface area contributed by atoms with Gasteiger partial charge >= 0.3 is 0 Å². The predicted molar refractivity (Wildman–Crippen MR) is 53.8 cm³/mol. The molecule has 0 saturated heterocycles. The summed E-state index contributed by atoms with van der Waals surface area (Å²) in [5.41, 5.74) is 1.45. The molecule has 4 heterocycles. The maximum absolute atomic E-state index is 4.80. The van der Waals surface area contributed by atoms with Crippen molar-refractivity contribution in [1.82, 2.24) is 40.7 Å². The normalized spacial score (nSPS) is 11.3. The van der Waals surface area contributed by atoms with Crippen molar-refractivity contribution in [3.63, 3.8) is 0 Å². The van der Waals surface area contributed by atoms with Gasteiger partial charge in [0.1, 0.15) is 0 Å². The van der Waals surface area contributed by atoms with Crippen molar-refractivity contribution in [2.24, 2.45) is 0 Å². The van der Waals surface area contributed by atoms with Gasteiger partial charge in [-0.3, -0.25) is 0 Å². The molecular weight excluding hydrogens is 240 g/mol. The Morgan fingerprint density at radius 2 is 1.22 bits per heavy atom. The first-order valence-corrected chi connectivity index (χ1v) is 4.81. The summed E-state index contributed by atoms with van der Waals surface area (Å²) in [5, 5.41) is 14.1. The van der Waals surface area contributed by atoms with Crippen LogP contribution in [0.15, 0.2) is 21.4 Å². The van der Waals surface area contributed by atoms with E-state index in [4.69, 9.17) is 9.05 Å². The Bertz CT molecular complexity index is 780. The summed E-state index contributed by atoms with van der Waals surface area (Å²) < 4.78 is 9.60. The van der Waals surface area contributed by atoms with Gasteiger partial charge in [-0.1, -0.05) is 10.2 Å². The monoisotopic (exact) mass is 242 g/mol. The zero-order valence-electron chi connectivity index (χ0n) is 8.55. The van der Waals surface area contributed by atoms with Gasteiger partial charge in [-0.2, -0.15) is 0 Å². The molecule has 0 aliphatic carbocycles. The molecule has 0 fully saturated rings. The highest BCUT2D eigenvalue weighted by molar-refractivity contribution is 5.70. The van der Waals surface area contributed by atoms with Crippen molar-refractivity contribution >= 4 is 22.5 Å². The fourth-order valence-electron chi connectivity index (χ4n) is 1.42. The molecule has 0 radical (unpaired) electrons. The minimum absolute atomic E-state index is 0.295. The van der Waals surface area contributed by atoms with Crippen LogP contribution in [0.1, 0.15) is 0 Å². The second-order valence-corrected chi connectivity index (χ2v) is 3.31. The number of hydrogen-bond donors (Lipinski definition) is 0. The third-order valence-electron chi connectivity index (χ3n) is 2.22. The van der Waals surface area contributed by atoms with Crippen LogP contribution in [0.5, 0.6) is 0 Å². The van der Waals surface area contributed by atoms with E-state index in [2.05, 4.69) is 40.7 Å². The second-order valence-electron chi connectivity index (χ2n) is 3.31. The highest BCUT2D eigenvalue weighted by atomic mass is 16.5. The molecule has 18 heavy (non-hydrogen) atoms. The van der Waals surface area contributed by atoms with E-state index in [0.717, 1.165) is 0 Å². The van der Waals surface area contributed by atoms with E-state index < -0.39 is 0 Å². The summed E-state index contributed by atoms with van der Waals surface area (Å²) in [6.07, 6.45) is 2.90. The van der Waals surface area contributed by atoms with Crippen LogP contribution in [-0.4, -0.2) is 40.7 Å². The van der Waals surface area contributed by atoms with Crippen LogP contribution in [0, 0.1) is 0 Å². The Morgan fingerprint density at radius 3 is 1.72 bits per heavy atom. The first-order chi connectivity index (χ1) is 8.90. The molecular formula is C8H2N8O2. The highest BCUT2D eigenvalue weighted by Gasteiger charge is 2.12. The summed E-state index contributed by atoms with van der Waals surface area (Å²) in [6, 6.07) is 0. The van der Waals surface area contributed by atoms with Gasteiger partial charge < -0.3 is 9.05 Å². The molecule has 0 spiro atoms. The molecule has 0 saturated carbocycles. The van der Waals surface area contributed by atoms with E-state index in [1.54, 1.807) is 0 Å². The van der Waals surface area contributed by atoms with Crippen molar-refractivity contribution < 1.29 is 9.05 Å². The third kappa shape index (κ3) is 1.22. The van der Waals surface area contributed by atoms with Crippen LogP contribution in [0.3, 0.4) is 0 Å². The zero-order chi connectivity index (χ0) is 11.9. The van der Waals surface area contributed by atoms with Gasteiger partial charge in [-0.25, -0.2) is 19.9 Å². The van der Waals surface area contributed by atoms with Crippen LogP contribution in [-0.2, 0) is 0 Å². The Kier molecular flexibility index (Phi) is 1.62. The maximum Gasteiger partial charge on any atom is 0.227 e. The van der Waals surface area contributed by atoms with Gasteiger partial charge in [0.2, 0.25) is 22.5 Å². The number of rotatable bonds is 1. The van der Waals surface area contributed by atoms with E-state index in [1.807, 2.05) is 0 Å². The van der Waals surface area contributed by atoms with Gasteiger partial charge in [0.15, 0.2) is 11.6 Å². The third-order valence-corrected chi connectivity index (χ3v) is 2.22. The molecule has 0 bridgehead atoms. The lowest BCUT2D eigenvalue weighted by atomic mass is 10.4. The van der Waals surface area contributed by atoms with Crippen molar-refractivity contribution in [3.05, 3.63) is 12.4 Å². The summed E-state index contributed by atoms with van der Waals surface area (Å²) in [5.74, 6) is 0.589. The lowest BCUT2D eigenvalue weighted by Gasteiger charge is -1.95. The van der Waals surface area contributed by atoms with Gasteiger partial charge in [0, 0.05) is 10.5 Å². The molecule has 0 aromatic carbocycles. The van der Waals surface area contributed by atoms with Crippen molar-refractivity contribution in [3.8, 4) is 11.6 Å². The smallest absolute Gasteiger partial charge is 0.227 e. The molecule has 0 aliphatic heterocycles. The SMILES string of the molecule is c1nc(-c2ncc3onnc3n2)nc2nnoc12. The van der Waals surface area contributed by atoms with E-state index in [9.17, 15) is 0 Å². The molecule has 4 rings (SSSR count). The summed E-state index contributed by atoms with van der Waals surface area (Å²) in [4.78, 5) is 16.3. The Balaban J connectivity index is 1.93. The molecule has 0 aliphatic rings. The number of aromatic nitrogens is 8. The van der Waals surface area contributed by atoms with Crippen LogP contribution in [0.2, 0.25) is 0 Å². The fraction of sp³-hybridized carbons (Fsp3) is 0. The zero-order valence-corrected chi connectivity index (χ0v) is 8.55. The fourth-order valence-corrected chi connectivity index (χ4v) is 1.42. The van der Waals surface area contributed by atoms with Crippen LogP contribution in [0.4, 0.5) is 0 Å². The van der Waals surface area contributed by atoms with Crippen LogP contribution >= 0.6 is 0 Å². The minimum Gasteiger partial charge on any atom is -0.333 e. The summed E-state index contributed by atoms with van der Waals surface area (Å²) >= 11 is 0. The van der Waals surface area contributed by atoms with Crippen molar-refractivity contribution in [1.29, 1.82) is 0 Å². The second kappa shape index (κ2) is 3.23. The topological polar surface area (TPSA) is 129 Å². The molecule has 10 heteroatoms. The maximum atomic E-state index is 4.80. The molecule has 0 unspecified atom stereocenters. The molecule has 10 nitrogen and oxygen atoms in total. The quantitative estimate of drug-likeness (QED) is 0.449. The van der Waals surface area contributed by atoms with Crippen LogP contribution in [0.25, 0.3) is 34.1 Å². The van der Waals surface area contributed by atoms with E-state index in [0.29, 0.717) is 34.1 Å². The minimum atomic E-state index is 0.295. The predicted octanol–water partition coefficient (Wildman–Crippen LogP) is 0.00600. The number of fused-ring (bicyclic) bond motifs is 2. The summed E-state index contributed by atoms with van der Waals surface area (Å²) in [6.45, 7) is 0. The largest absolute Gasteiger partial charge is 0.333 e. The van der Waals surface area contributed by atoms with E-state index in [-0.39, 0.29) is 0 Å². The Labute approximate surface area is 97.0 Å². The molecule has 4 aromatic heterocycles. The van der Waals surface area contributed by atoms with Crippen molar-refractivity contribution in [2.45, 2.75) is 0 Å². The summed E-state index contributed by atoms with van der Waals surface area (Å²) in [7, 11) is 0. The van der Waals surface area contributed by atoms with Gasteiger partial charge in [0.05, 0.1) is 12.4 Å². The first-order valence-electron chi connectivity index (χ1n) is 4.81. The molecule has 0 atom stereocenters. The standard InChI is InChI=1S/C8H2N8O2/c1-3-5(13-15-17-3)11-7(9-1)8-10-2-4-6(12-8)14-16-18-4/h1-2H. The highest BCUT2D eigenvalue weighted by Crippen LogP contribution is 2.15.